The Morgan fingerprint density at radius 3 is 2.88 bits per heavy atom. The summed E-state index contributed by atoms with van der Waals surface area (Å²) in [6.07, 6.45) is 0. The molecule has 17 heavy (non-hydrogen) atoms. The summed E-state index contributed by atoms with van der Waals surface area (Å²) in [6.45, 7) is 2.47. The second-order valence-corrected chi connectivity index (χ2v) is 4.13. The minimum absolute atomic E-state index is 0.0660. The van der Waals surface area contributed by atoms with Crippen molar-refractivity contribution >= 4 is 17.3 Å². The van der Waals surface area contributed by atoms with Gasteiger partial charge in [0, 0.05) is 5.38 Å². The van der Waals surface area contributed by atoms with E-state index in [-0.39, 0.29) is 5.69 Å². The van der Waals surface area contributed by atoms with Crippen molar-refractivity contribution in [2.75, 3.05) is 6.61 Å². The molecule has 0 atom stereocenters. The van der Waals surface area contributed by atoms with Crippen molar-refractivity contribution in [3.8, 4) is 16.3 Å². The van der Waals surface area contributed by atoms with Crippen LogP contribution in [0.4, 0.5) is 0 Å². The molecule has 1 aromatic carbocycles. The number of carbonyl (C=O) groups is 1. The van der Waals surface area contributed by atoms with Crippen molar-refractivity contribution in [3.63, 3.8) is 0 Å². The van der Waals surface area contributed by atoms with Gasteiger partial charge in [-0.25, -0.2) is 9.78 Å². The highest BCUT2D eigenvalue weighted by Gasteiger charge is 2.13. The fraction of sp³-hybridized carbons (Fsp3) is 0.167. The zero-order valence-electron chi connectivity index (χ0n) is 9.21. The van der Waals surface area contributed by atoms with Gasteiger partial charge < -0.3 is 9.84 Å². The number of thiazole rings is 1. The quantitative estimate of drug-likeness (QED) is 0.905. The Hall–Kier alpha value is -1.88. The molecule has 4 nitrogen and oxygen atoms in total. The Bertz CT molecular complexity index is 536. The number of hydrogen-bond donors (Lipinski definition) is 1. The summed E-state index contributed by atoms with van der Waals surface area (Å²) in [4.78, 5) is 14.8. The molecular formula is C12H11NO3S. The molecule has 2 aromatic rings. The molecule has 2 rings (SSSR count). The van der Waals surface area contributed by atoms with E-state index in [0.717, 1.165) is 11.3 Å². The molecule has 0 aliphatic rings. The number of carboxylic acid groups (broad SMARTS) is 1. The minimum atomic E-state index is -1.01. The van der Waals surface area contributed by atoms with Gasteiger partial charge in [-0.15, -0.1) is 11.3 Å². The van der Waals surface area contributed by atoms with Gasteiger partial charge >= 0.3 is 5.97 Å². The van der Waals surface area contributed by atoms with Crippen molar-refractivity contribution in [2.24, 2.45) is 0 Å². The third-order valence-electron chi connectivity index (χ3n) is 2.14. The zero-order chi connectivity index (χ0) is 12.3. The summed E-state index contributed by atoms with van der Waals surface area (Å²) in [5, 5.41) is 11.0. The van der Waals surface area contributed by atoms with Crippen LogP contribution in [0.1, 0.15) is 17.4 Å². The maximum Gasteiger partial charge on any atom is 0.355 e. The van der Waals surface area contributed by atoms with Gasteiger partial charge in [0.05, 0.1) is 12.2 Å². The second-order valence-electron chi connectivity index (χ2n) is 3.27. The topological polar surface area (TPSA) is 59.4 Å². The highest BCUT2D eigenvalue weighted by atomic mass is 32.1. The number of carboxylic acids is 1. The van der Waals surface area contributed by atoms with E-state index in [9.17, 15) is 4.79 Å². The highest BCUT2D eigenvalue weighted by Crippen LogP contribution is 2.32. The molecule has 0 amide bonds. The van der Waals surface area contributed by atoms with Gasteiger partial charge in [0.15, 0.2) is 5.69 Å². The molecule has 0 aliphatic carbocycles. The first-order chi connectivity index (χ1) is 8.22. The fourth-order valence-electron chi connectivity index (χ4n) is 1.42. The first-order valence-corrected chi connectivity index (χ1v) is 6.01. The average Bonchev–Trinajstić information content (AvgIpc) is 2.79. The van der Waals surface area contributed by atoms with E-state index in [1.165, 1.54) is 16.7 Å². The monoisotopic (exact) mass is 249 g/mol. The smallest absolute Gasteiger partial charge is 0.355 e. The average molecular weight is 249 g/mol. The van der Waals surface area contributed by atoms with Crippen LogP contribution >= 0.6 is 11.3 Å². The molecule has 5 heteroatoms. The van der Waals surface area contributed by atoms with Gasteiger partial charge in [-0.1, -0.05) is 12.1 Å². The molecule has 0 saturated heterocycles. The largest absolute Gasteiger partial charge is 0.493 e. The molecule has 0 unspecified atom stereocenters. The Morgan fingerprint density at radius 1 is 1.47 bits per heavy atom. The number of benzene rings is 1. The lowest BCUT2D eigenvalue weighted by molar-refractivity contribution is 0.0691. The summed E-state index contributed by atoms with van der Waals surface area (Å²) in [6, 6.07) is 7.47. The standard InChI is InChI=1S/C12H11NO3S/c1-2-16-10-6-4-3-5-8(10)11-13-9(7-17-11)12(14)15/h3-7H,2H2,1H3,(H,14,15). The first-order valence-electron chi connectivity index (χ1n) is 5.13. The molecule has 1 aromatic heterocycles. The predicted octanol–water partition coefficient (Wildman–Crippen LogP) is 2.91. The summed E-state index contributed by atoms with van der Waals surface area (Å²) in [5.74, 6) is -0.289. The number of aromatic carboxylic acids is 1. The molecule has 1 N–H and O–H groups in total. The van der Waals surface area contributed by atoms with Gasteiger partial charge in [0.25, 0.3) is 0 Å². The van der Waals surface area contributed by atoms with E-state index >= 15 is 0 Å². The van der Waals surface area contributed by atoms with E-state index in [0.29, 0.717) is 11.6 Å². The van der Waals surface area contributed by atoms with Crippen LogP contribution in [-0.2, 0) is 0 Å². The lowest BCUT2D eigenvalue weighted by Gasteiger charge is -2.06. The van der Waals surface area contributed by atoms with Crippen LogP contribution in [0.25, 0.3) is 10.6 Å². The van der Waals surface area contributed by atoms with Crippen LogP contribution < -0.4 is 4.74 Å². The molecule has 0 aliphatic heterocycles. The molecule has 1 heterocycles. The third-order valence-corrected chi connectivity index (χ3v) is 3.02. The van der Waals surface area contributed by atoms with Gasteiger partial charge in [-0.05, 0) is 19.1 Å². The summed E-state index contributed by atoms with van der Waals surface area (Å²) < 4.78 is 5.48. The van der Waals surface area contributed by atoms with Gasteiger partial charge in [-0.3, -0.25) is 0 Å². The van der Waals surface area contributed by atoms with Crippen molar-refractivity contribution in [3.05, 3.63) is 35.3 Å². The molecule has 0 spiro atoms. The number of nitrogens with zero attached hydrogens (tertiary/aromatic N) is 1. The number of aromatic nitrogens is 1. The van der Waals surface area contributed by atoms with E-state index in [1.54, 1.807) is 0 Å². The number of ether oxygens (including phenoxy) is 1. The Morgan fingerprint density at radius 2 is 2.24 bits per heavy atom. The number of hydrogen-bond acceptors (Lipinski definition) is 4. The van der Waals surface area contributed by atoms with Gasteiger partial charge in [0.1, 0.15) is 10.8 Å². The highest BCUT2D eigenvalue weighted by molar-refractivity contribution is 7.13. The maximum absolute atomic E-state index is 10.8. The minimum Gasteiger partial charge on any atom is -0.493 e. The lowest BCUT2D eigenvalue weighted by atomic mass is 10.2. The van der Waals surface area contributed by atoms with Crippen LogP contribution in [-0.4, -0.2) is 22.7 Å². The van der Waals surface area contributed by atoms with E-state index in [2.05, 4.69) is 4.98 Å². The zero-order valence-corrected chi connectivity index (χ0v) is 10.0. The molecule has 0 saturated carbocycles. The third kappa shape index (κ3) is 2.45. The normalized spacial score (nSPS) is 10.2. The van der Waals surface area contributed by atoms with Crippen LogP contribution in [0.3, 0.4) is 0 Å². The van der Waals surface area contributed by atoms with Crippen LogP contribution in [0, 0.1) is 0 Å². The van der Waals surface area contributed by atoms with Crippen molar-refractivity contribution < 1.29 is 14.6 Å². The van der Waals surface area contributed by atoms with Gasteiger partial charge in [0.2, 0.25) is 0 Å². The summed E-state index contributed by atoms with van der Waals surface area (Å²) in [5.41, 5.74) is 0.892. The SMILES string of the molecule is CCOc1ccccc1-c1nc(C(=O)O)cs1. The second kappa shape index (κ2) is 4.97. The number of para-hydroxylation sites is 1. The van der Waals surface area contributed by atoms with E-state index in [1.807, 2.05) is 31.2 Å². The Labute approximate surface area is 103 Å². The van der Waals surface area contributed by atoms with Crippen molar-refractivity contribution in [1.29, 1.82) is 0 Å². The first kappa shape index (κ1) is 11.6. The Kier molecular flexibility index (Phi) is 3.39. The van der Waals surface area contributed by atoms with Crippen molar-refractivity contribution in [2.45, 2.75) is 6.92 Å². The molecule has 0 bridgehead atoms. The summed E-state index contributed by atoms with van der Waals surface area (Å²) >= 11 is 1.30. The van der Waals surface area contributed by atoms with E-state index in [4.69, 9.17) is 9.84 Å². The maximum atomic E-state index is 10.8. The van der Waals surface area contributed by atoms with Crippen molar-refractivity contribution in [1.82, 2.24) is 4.98 Å². The predicted molar refractivity (Wildman–Crippen MR) is 65.7 cm³/mol. The fourth-order valence-corrected chi connectivity index (χ4v) is 2.24. The molecular weight excluding hydrogens is 238 g/mol. The summed E-state index contributed by atoms with van der Waals surface area (Å²) in [7, 11) is 0. The molecule has 0 radical (unpaired) electrons. The van der Waals surface area contributed by atoms with Gasteiger partial charge in [-0.2, -0.15) is 0 Å². The van der Waals surface area contributed by atoms with E-state index < -0.39 is 5.97 Å². The van der Waals surface area contributed by atoms with Crippen LogP contribution in [0.15, 0.2) is 29.6 Å². The van der Waals surface area contributed by atoms with Crippen LogP contribution in [0.5, 0.6) is 5.75 Å². The Balaban J connectivity index is 2.41. The molecule has 88 valence electrons. The number of rotatable bonds is 4. The molecule has 0 fully saturated rings. The van der Waals surface area contributed by atoms with Crippen LogP contribution in [0.2, 0.25) is 0 Å². The lowest BCUT2D eigenvalue weighted by Crippen LogP contribution is -1.96.